The monoisotopic (exact) mass is 152 g/mol. The van der Waals surface area contributed by atoms with E-state index in [1.54, 1.807) is 0 Å². The summed E-state index contributed by atoms with van der Waals surface area (Å²) in [6.07, 6.45) is 0. The SMILES string of the molecule is CC(C(N)=O)S(N)(=O)=O. The van der Waals surface area contributed by atoms with Crippen molar-refractivity contribution in [1.29, 1.82) is 0 Å². The summed E-state index contributed by atoms with van der Waals surface area (Å²) in [4.78, 5) is 10.1. The normalized spacial score (nSPS) is 14.9. The average molecular weight is 152 g/mol. The minimum Gasteiger partial charge on any atom is -0.369 e. The van der Waals surface area contributed by atoms with E-state index in [9.17, 15) is 13.2 Å². The molecule has 6 heteroatoms. The molecule has 0 aromatic heterocycles. The van der Waals surface area contributed by atoms with Crippen molar-refractivity contribution in [3.05, 3.63) is 0 Å². The third kappa shape index (κ3) is 2.43. The second kappa shape index (κ2) is 2.32. The van der Waals surface area contributed by atoms with Gasteiger partial charge in [-0.1, -0.05) is 0 Å². The highest BCUT2D eigenvalue weighted by molar-refractivity contribution is 7.90. The van der Waals surface area contributed by atoms with Gasteiger partial charge in [0.05, 0.1) is 0 Å². The first-order valence-corrected chi connectivity index (χ1v) is 3.77. The first-order chi connectivity index (χ1) is 3.85. The number of rotatable bonds is 2. The Morgan fingerprint density at radius 1 is 1.56 bits per heavy atom. The summed E-state index contributed by atoms with van der Waals surface area (Å²) in [7, 11) is -3.78. The second-order valence-electron chi connectivity index (χ2n) is 1.63. The second-order valence-corrected chi connectivity index (χ2v) is 3.52. The predicted octanol–water partition coefficient (Wildman–Crippen LogP) is -1.85. The molecule has 9 heavy (non-hydrogen) atoms. The van der Waals surface area contributed by atoms with E-state index in [4.69, 9.17) is 0 Å². The van der Waals surface area contributed by atoms with Crippen molar-refractivity contribution in [2.75, 3.05) is 0 Å². The van der Waals surface area contributed by atoms with Crippen LogP contribution in [0.3, 0.4) is 0 Å². The van der Waals surface area contributed by atoms with Gasteiger partial charge in [0, 0.05) is 0 Å². The highest BCUT2D eigenvalue weighted by Gasteiger charge is 2.20. The topological polar surface area (TPSA) is 103 Å². The van der Waals surface area contributed by atoms with Crippen LogP contribution in [0.4, 0.5) is 0 Å². The Kier molecular flexibility index (Phi) is 2.16. The Bertz CT molecular complexity index is 207. The van der Waals surface area contributed by atoms with Crippen LogP contribution in [0.1, 0.15) is 6.92 Å². The number of hydrogen-bond acceptors (Lipinski definition) is 3. The summed E-state index contributed by atoms with van der Waals surface area (Å²) in [6, 6.07) is 0. The number of amides is 1. The van der Waals surface area contributed by atoms with Crippen LogP contribution in [0.15, 0.2) is 0 Å². The highest BCUT2D eigenvalue weighted by atomic mass is 32.2. The van der Waals surface area contributed by atoms with E-state index >= 15 is 0 Å². The third-order valence-electron chi connectivity index (χ3n) is 0.893. The van der Waals surface area contributed by atoms with Gasteiger partial charge in [-0.15, -0.1) is 0 Å². The van der Waals surface area contributed by atoms with Crippen LogP contribution in [-0.2, 0) is 14.8 Å². The third-order valence-corrected chi connectivity index (χ3v) is 2.11. The molecular formula is C3H8N2O3S. The summed E-state index contributed by atoms with van der Waals surface area (Å²) in [6.45, 7) is 1.14. The molecule has 0 spiro atoms. The number of carbonyl (C=O) groups is 1. The fourth-order valence-corrected chi connectivity index (χ4v) is 0.486. The summed E-state index contributed by atoms with van der Waals surface area (Å²) >= 11 is 0. The molecule has 0 aromatic rings. The van der Waals surface area contributed by atoms with Crippen molar-refractivity contribution in [3.63, 3.8) is 0 Å². The zero-order valence-electron chi connectivity index (χ0n) is 4.87. The van der Waals surface area contributed by atoms with Crippen LogP contribution in [0.25, 0.3) is 0 Å². The van der Waals surface area contributed by atoms with Gasteiger partial charge < -0.3 is 5.73 Å². The molecule has 1 atom stereocenters. The molecule has 5 nitrogen and oxygen atoms in total. The number of primary amides is 1. The Labute approximate surface area is 53.1 Å². The molecule has 0 aliphatic heterocycles. The molecule has 0 aliphatic rings. The van der Waals surface area contributed by atoms with Gasteiger partial charge in [0.25, 0.3) is 0 Å². The number of sulfonamides is 1. The van der Waals surface area contributed by atoms with Crippen LogP contribution < -0.4 is 10.9 Å². The predicted molar refractivity (Wildman–Crippen MR) is 31.8 cm³/mol. The van der Waals surface area contributed by atoms with E-state index < -0.39 is 21.2 Å². The van der Waals surface area contributed by atoms with Gasteiger partial charge >= 0.3 is 0 Å². The molecule has 0 rings (SSSR count). The van der Waals surface area contributed by atoms with Crippen molar-refractivity contribution in [2.45, 2.75) is 12.2 Å². The van der Waals surface area contributed by atoms with Crippen molar-refractivity contribution in [1.82, 2.24) is 0 Å². The summed E-state index contributed by atoms with van der Waals surface area (Å²) in [5.41, 5.74) is 4.62. The van der Waals surface area contributed by atoms with Crippen molar-refractivity contribution in [3.8, 4) is 0 Å². The van der Waals surface area contributed by atoms with E-state index in [2.05, 4.69) is 10.9 Å². The average Bonchev–Trinajstić information content (AvgIpc) is 1.62. The maximum atomic E-state index is 10.2. The van der Waals surface area contributed by atoms with Crippen molar-refractivity contribution >= 4 is 15.9 Å². The zero-order valence-corrected chi connectivity index (χ0v) is 5.68. The van der Waals surface area contributed by atoms with Crippen LogP contribution in [0.2, 0.25) is 0 Å². The summed E-state index contributed by atoms with van der Waals surface area (Å²) in [5, 5.41) is 3.26. The van der Waals surface area contributed by atoms with Crippen molar-refractivity contribution < 1.29 is 13.2 Å². The van der Waals surface area contributed by atoms with Gasteiger partial charge in [-0.05, 0) is 6.92 Å². The Morgan fingerprint density at radius 3 is 1.89 bits per heavy atom. The van der Waals surface area contributed by atoms with Gasteiger partial charge in [0.15, 0.2) is 5.25 Å². The van der Waals surface area contributed by atoms with E-state index in [1.807, 2.05) is 0 Å². The Morgan fingerprint density at radius 2 is 1.89 bits per heavy atom. The maximum Gasteiger partial charge on any atom is 0.236 e. The molecule has 1 unspecified atom stereocenters. The number of hydrogen-bond donors (Lipinski definition) is 2. The van der Waals surface area contributed by atoms with Crippen LogP contribution >= 0.6 is 0 Å². The molecule has 0 aromatic carbocycles. The van der Waals surface area contributed by atoms with Gasteiger partial charge in [-0.2, -0.15) is 0 Å². The molecule has 0 saturated carbocycles. The molecule has 1 amide bonds. The smallest absolute Gasteiger partial charge is 0.236 e. The maximum absolute atomic E-state index is 10.2. The molecule has 0 bridgehead atoms. The first kappa shape index (κ1) is 8.38. The first-order valence-electron chi connectivity index (χ1n) is 2.16. The minimum atomic E-state index is -3.78. The largest absolute Gasteiger partial charge is 0.369 e. The van der Waals surface area contributed by atoms with Gasteiger partial charge in [0.1, 0.15) is 0 Å². The minimum absolute atomic E-state index is 0.933. The molecule has 0 fully saturated rings. The highest BCUT2D eigenvalue weighted by Crippen LogP contribution is 1.90. The fourth-order valence-electron chi connectivity index (χ4n) is 0.162. The van der Waals surface area contributed by atoms with E-state index in [0.29, 0.717) is 0 Å². The molecule has 4 N–H and O–H groups in total. The Balaban J connectivity index is 4.43. The molecule has 0 heterocycles. The molecule has 54 valence electrons. The number of nitrogens with two attached hydrogens (primary N) is 2. The lowest BCUT2D eigenvalue weighted by molar-refractivity contribution is -0.117. The van der Waals surface area contributed by atoms with Crippen LogP contribution in [-0.4, -0.2) is 19.6 Å². The van der Waals surface area contributed by atoms with Gasteiger partial charge in [-0.25, -0.2) is 13.6 Å². The van der Waals surface area contributed by atoms with E-state index in [0.717, 1.165) is 6.92 Å². The van der Waals surface area contributed by atoms with E-state index in [-0.39, 0.29) is 0 Å². The molecular weight excluding hydrogens is 144 g/mol. The van der Waals surface area contributed by atoms with Gasteiger partial charge in [-0.3, -0.25) is 4.79 Å². The van der Waals surface area contributed by atoms with E-state index in [1.165, 1.54) is 0 Å². The van der Waals surface area contributed by atoms with Crippen molar-refractivity contribution in [2.24, 2.45) is 10.9 Å². The lowest BCUT2D eigenvalue weighted by Gasteiger charge is -2.00. The lowest BCUT2D eigenvalue weighted by atomic mass is 10.5. The Hall–Kier alpha value is -0.620. The van der Waals surface area contributed by atoms with Gasteiger partial charge in [0.2, 0.25) is 15.9 Å². The lowest BCUT2D eigenvalue weighted by Crippen LogP contribution is -2.37. The summed E-state index contributed by atoms with van der Waals surface area (Å²) in [5.74, 6) is -0.933. The number of primary sulfonamides is 1. The fraction of sp³-hybridized carbons (Fsp3) is 0.667. The number of carbonyl (C=O) groups excluding carboxylic acids is 1. The molecule has 0 aliphatic carbocycles. The van der Waals surface area contributed by atoms with Crippen LogP contribution in [0.5, 0.6) is 0 Å². The van der Waals surface area contributed by atoms with Crippen LogP contribution in [0, 0.1) is 0 Å². The molecule has 0 saturated heterocycles. The standard InChI is InChI=1S/C3H8N2O3S/c1-2(3(4)6)9(5,7)8/h2H,1H3,(H2,4,6)(H2,5,7,8). The quantitative estimate of drug-likeness (QED) is 0.485. The summed E-state index contributed by atoms with van der Waals surface area (Å²) < 4.78 is 20.5. The molecule has 0 radical (unpaired) electrons. The zero-order chi connectivity index (χ0) is 7.65.